The fourth-order valence-electron chi connectivity index (χ4n) is 4.67. The molecule has 1 aliphatic heterocycles. The molecular formula is C21H22ClFN4O4S. The van der Waals surface area contributed by atoms with Crippen molar-refractivity contribution >= 4 is 39.9 Å². The second-order valence-corrected chi connectivity index (χ2v) is 9.82. The van der Waals surface area contributed by atoms with Gasteiger partial charge in [-0.15, -0.1) is 11.3 Å². The van der Waals surface area contributed by atoms with Gasteiger partial charge in [-0.3, -0.25) is 9.59 Å². The number of anilines is 1. The molecule has 1 aromatic heterocycles. The van der Waals surface area contributed by atoms with Crippen LogP contribution in [0.15, 0.2) is 23.6 Å². The van der Waals surface area contributed by atoms with Gasteiger partial charge >= 0.3 is 0 Å². The highest BCUT2D eigenvalue weighted by atomic mass is 35.5. The molecule has 2 amide bonds. The van der Waals surface area contributed by atoms with Crippen molar-refractivity contribution in [1.29, 1.82) is 0 Å². The maximum absolute atomic E-state index is 13.5. The quantitative estimate of drug-likeness (QED) is 0.632. The average molecular weight is 481 g/mol. The Kier molecular flexibility index (Phi) is 5.47. The van der Waals surface area contributed by atoms with Crippen molar-refractivity contribution in [3.05, 3.63) is 40.1 Å². The van der Waals surface area contributed by atoms with Crippen LogP contribution in [0, 0.1) is 5.82 Å². The largest absolute Gasteiger partial charge is 0.484 e. The second kappa shape index (κ2) is 8.17. The molecule has 11 heteroatoms. The van der Waals surface area contributed by atoms with Gasteiger partial charge in [-0.1, -0.05) is 11.6 Å². The summed E-state index contributed by atoms with van der Waals surface area (Å²) < 4.78 is 24.1. The van der Waals surface area contributed by atoms with Crippen LogP contribution in [-0.4, -0.2) is 60.8 Å². The first kappa shape index (κ1) is 21.4. The number of benzene rings is 1. The molecular weight excluding hydrogens is 459 g/mol. The third-order valence-electron chi connectivity index (χ3n) is 6.08. The van der Waals surface area contributed by atoms with Crippen molar-refractivity contribution in [3.8, 4) is 5.75 Å². The smallest absolute Gasteiger partial charge is 0.271 e. The van der Waals surface area contributed by atoms with E-state index < -0.39 is 5.82 Å². The summed E-state index contributed by atoms with van der Waals surface area (Å²) in [7, 11) is 0. The Hall–Kier alpha value is -2.43. The Morgan fingerprint density at radius 1 is 1.22 bits per heavy atom. The van der Waals surface area contributed by atoms with Crippen molar-refractivity contribution in [2.45, 2.75) is 30.3 Å². The molecule has 1 saturated heterocycles. The lowest BCUT2D eigenvalue weighted by atomic mass is 9.44. The Labute approximate surface area is 193 Å². The van der Waals surface area contributed by atoms with E-state index >= 15 is 0 Å². The summed E-state index contributed by atoms with van der Waals surface area (Å²) in [5.41, 5.74) is -0.171. The van der Waals surface area contributed by atoms with Crippen LogP contribution in [0.4, 0.5) is 9.52 Å². The molecule has 2 bridgehead atoms. The number of nitrogens with zero attached hydrogens (tertiary/aromatic N) is 2. The molecule has 2 N–H and O–H groups in total. The van der Waals surface area contributed by atoms with Crippen LogP contribution in [0.3, 0.4) is 0 Å². The Morgan fingerprint density at radius 3 is 2.66 bits per heavy atom. The van der Waals surface area contributed by atoms with Gasteiger partial charge in [0.25, 0.3) is 11.8 Å². The second-order valence-electron chi connectivity index (χ2n) is 8.57. The Balaban J connectivity index is 1.08. The van der Waals surface area contributed by atoms with Crippen LogP contribution in [0.2, 0.25) is 5.02 Å². The number of hydrogen-bond donors (Lipinski definition) is 2. The fourth-order valence-corrected chi connectivity index (χ4v) is 5.65. The minimum absolute atomic E-state index is 0.00187. The van der Waals surface area contributed by atoms with E-state index in [1.165, 1.54) is 23.5 Å². The summed E-state index contributed by atoms with van der Waals surface area (Å²) in [4.78, 5) is 31.5. The predicted molar refractivity (Wildman–Crippen MR) is 117 cm³/mol. The minimum atomic E-state index is -0.598. The van der Waals surface area contributed by atoms with Crippen LogP contribution in [0.5, 0.6) is 5.75 Å². The summed E-state index contributed by atoms with van der Waals surface area (Å²) in [6, 6.07) is 4.03. The lowest BCUT2D eigenvalue weighted by molar-refractivity contribution is -0.141. The van der Waals surface area contributed by atoms with Gasteiger partial charge in [-0.05, 0) is 31.4 Å². The molecule has 0 radical (unpaired) electrons. The zero-order chi connectivity index (χ0) is 22.3. The highest BCUT2D eigenvalue weighted by molar-refractivity contribution is 7.13. The van der Waals surface area contributed by atoms with Gasteiger partial charge in [0, 0.05) is 35.6 Å². The Morgan fingerprint density at radius 2 is 1.94 bits per heavy atom. The lowest BCUT2D eigenvalue weighted by Gasteiger charge is -2.70. The molecule has 4 fully saturated rings. The van der Waals surface area contributed by atoms with Gasteiger partial charge in [0.1, 0.15) is 17.3 Å². The molecule has 0 spiro atoms. The van der Waals surface area contributed by atoms with Crippen LogP contribution in [0.1, 0.15) is 29.8 Å². The lowest BCUT2D eigenvalue weighted by Crippen LogP contribution is -2.84. The van der Waals surface area contributed by atoms with E-state index in [1.807, 2.05) is 0 Å². The van der Waals surface area contributed by atoms with Crippen molar-refractivity contribution in [1.82, 2.24) is 15.6 Å². The number of hydrogen-bond acceptors (Lipinski definition) is 7. The van der Waals surface area contributed by atoms with E-state index in [1.54, 1.807) is 5.38 Å². The van der Waals surface area contributed by atoms with E-state index in [4.69, 9.17) is 21.1 Å². The number of ether oxygens (including phenoxy) is 2. The molecule has 170 valence electrons. The van der Waals surface area contributed by atoms with Crippen molar-refractivity contribution in [2.24, 2.45) is 0 Å². The zero-order valence-electron chi connectivity index (χ0n) is 17.2. The van der Waals surface area contributed by atoms with Gasteiger partial charge < -0.3 is 25.0 Å². The highest BCUT2D eigenvalue weighted by Gasteiger charge is 2.69. The first-order valence-electron chi connectivity index (χ1n) is 10.4. The Bertz CT molecular complexity index is 1040. The minimum Gasteiger partial charge on any atom is -0.484 e. The molecule has 32 heavy (non-hydrogen) atoms. The normalized spacial score (nSPS) is 26.0. The SMILES string of the molecule is O=C(COc1ccc(Cl)c(F)c1)NC12CC(NC(=O)c3csc(N4CCOCC4)n3)(C1)C2. The molecule has 3 aliphatic carbocycles. The van der Waals surface area contributed by atoms with E-state index in [2.05, 4.69) is 20.5 Å². The summed E-state index contributed by atoms with van der Waals surface area (Å²) in [6.45, 7) is 2.67. The number of morpholine rings is 1. The summed E-state index contributed by atoms with van der Waals surface area (Å²) in [5, 5.41) is 8.67. The highest BCUT2D eigenvalue weighted by Crippen LogP contribution is 2.60. The number of aromatic nitrogens is 1. The van der Waals surface area contributed by atoms with E-state index in [0.717, 1.165) is 24.3 Å². The first-order valence-corrected chi connectivity index (χ1v) is 11.6. The molecule has 4 aliphatic rings. The number of nitrogens with one attached hydrogen (secondary N) is 2. The number of carbonyl (C=O) groups is 2. The molecule has 6 rings (SSSR count). The molecule has 0 atom stereocenters. The van der Waals surface area contributed by atoms with Crippen LogP contribution in [-0.2, 0) is 9.53 Å². The maximum Gasteiger partial charge on any atom is 0.271 e. The van der Waals surface area contributed by atoms with Gasteiger partial charge in [-0.2, -0.15) is 0 Å². The molecule has 3 saturated carbocycles. The van der Waals surface area contributed by atoms with E-state index in [0.29, 0.717) is 38.2 Å². The number of carbonyl (C=O) groups excluding carboxylic acids is 2. The summed E-state index contributed by atoms with van der Waals surface area (Å²) in [6.07, 6.45) is 2.02. The number of halogens is 2. The van der Waals surface area contributed by atoms with Gasteiger partial charge in [0.15, 0.2) is 11.7 Å². The third kappa shape index (κ3) is 4.14. The van der Waals surface area contributed by atoms with Crippen molar-refractivity contribution in [3.63, 3.8) is 0 Å². The van der Waals surface area contributed by atoms with Crippen LogP contribution >= 0.6 is 22.9 Å². The first-order chi connectivity index (χ1) is 15.4. The molecule has 1 aromatic carbocycles. The van der Waals surface area contributed by atoms with Gasteiger partial charge in [0.05, 0.1) is 18.2 Å². The van der Waals surface area contributed by atoms with Crippen molar-refractivity contribution < 1.29 is 23.5 Å². The predicted octanol–water partition coefficient (Wildman–Crippen LogP) is 2.37. The molecule has 2 aromatic rings. The van der Waals surface area contributed by atoms with Crippen LogP contribution < -0.4 is 20.3 Å². The van der Waals surface area contributed by atoms with E-state index in [-0.39, 0.29) is 40.3 Å². The maximum atomic E-state index is 13.5. The standard InChI is InChI=1S/C21H22ClFN4O4S/c22-14-2-1-13(7-15(14)23)31-8-17(28)25-20-10-21(11-20,12-20)26-18(29)16-9-32-19(24-16)27-3-5-30-6-4-27/h1-2,7,9H,3-6,8,10-12H2,(H,25,28)(H,26,29). The average Bonchev–Trinajstić information content (AvgIpc) is 3.23. The molecule has 0 unspecified atom stereocenters. The van der Waals surface area contributed by atoms with Gasteiger partial charge in [-0.25, -0.2) is 9.37 Å². The monoisotopic (exact) mass is 480 g/mol. The fraction of sp³-hybridized carbons (Fsp3) is 0.476. The van der Waals surface area contributed by atoms with Crippen molar-refractivity contribution in [2.75, 3.05) is 37.8 Å². The third-order valence-corrected chi connectivity index (χ3v) is 7.29. The van der Waals surface area contributed by atoms with E-state index in [9.17, 15) is 14.0 Å². The van der Waals surface area contributed by atoms with Gasteiger partial charge in [0.2, 0.25) is 0 Å². The summed E-state index contributed by atoms with van der Waals surface area (Å²) in [5.74, 6) is -0.829. The topological polar surface area (TPSA) is 92.8 Å². The molecule has 2 heterocycles. The van der Waals surface area contributed by atoms with Crippen LogP contribution in [0.25, 0.3) is 0 Å². The molecule has 8 nitrogen and oxygen atoms in total. The summed E-state index contributed by atoms with van der Waals surface area (Å²) >= 11 is 7.10. The number of amides is 2. The number of rotatable bonds is 7. The zero-order valence-corrected chi connectivity index (χ0v) is 18.7. The number of thiazole rings is 1.